The summed E-state index contributed by atoms with van der Waals surface area (Å²) in [6, 6.07) is 20.8. The van der Waals surface area contributed by atoms with Gasteiger partial charge in [0.25, 0.3) is 0 Å². The van der Waals surface area contributed by atoms with Crippen LogP contribution >= 0.6 is 11.8 Å². The van der Waals surface area contributed by atoms with Crippen molar-refractivity contribution in [3.63, 3.8) is 0 Å². The molecule has 0 bridgehead atoms. The highest BCUT2D eigenvalue weighted by Crippen LogP contribution is 2.20. The molecule has 0 aliphatic rings. The molecule has 0 saturated carbocycles. The van der Waals surface area contributed by atoms with Crippen molar-refractivity contribution in [1.82, 2.24) is 0 Å². The summed E-state index contributed by atoms with van der Waals surface area (Å²) >= 11 is 1.50. The fraction of sp³-hybridized carbons (Fsp3) is 0.100. The van der Waals surface area contributed by atoms with Gasteiger partial charge in [-0.2, -0.15) is 0 Å². The maximum absolute atomic E-state index is 12.1. The highest BCUT2D eigenvalue weighted by molar-refractivity contribution is 7.99. The average Bonchev–Trinajstić information content (AvgIpc) is 2.62. The lowest BCUT2D eigenvalue weighted by Crippen LogP contribution is -2.16. The molecular formula is C20H17NO3S. The van der Waals surface area contributed by atoms with E-state index in [1.54, 1.807) is 18.2 Å². The van der Waals surface area contributed by atoms with E-state index >= 15 is 0 Å². The number of carboxylic acid groups (broad SMARTS) is 1. The second-order valence-electron chi connectivity index (χ2n) is 5.57. The largest absolute Gasteiger partial charge is 0.478 e. The van der Waals surface area contributed by atoms with Gasteiger partial charge in [-0.25, -0.2) is 4.79 Å². The van der Waals surface area contributed by atoms with E-state index in [-0.39, 0.29) is 17.2 Å². The summed E-state index contributed by atoms with van der Waals surface area (Å²) in [5.41, 5.74) is 1.57. The number of nitrogens with one attached hydrogen (secondary N) is 1. The Hall–Kier alpha value is -2.79. The van der Waals surface area contributed by atoms with E-state index in [2.05, 4.69) is 35.6 Å². The number of carboxylic acids is 1. The van der Waals surface area contributed by atoms with E-state index in [1.807, 2.05) is 12.1 Å². The van der Waals surface area contributed by atoms with Crippen LogP contribution in [-0.2, 0) is 10.5 Å². The van der Waals surface area contributed by atoms with Crippen LogP contribution in [0.4, 0.5) is 5.69 Å². The van der Waals surface area contributed by atoms with E-state index in [1.165, 1.54) is 28.6 Å². The molecule has 0 aliphatic carbocycles. The molecule has 0 spiro atoms. The van der Waals surface area contributed by atoms with Crippen LogP contribution < -0.4 is 5.32 Å². The van der Waals surface area contributed by atoms with Crippen LogP contribution in [0.3, 0.4) is 0 Å². The molecule has 1 amide bonds. The fourth-order valence-corrected chi connectivity index (χ4v) is 3.33. The van der Waals surface area contributed by atoms with Crippen molar-refractivity contribution >= 4 is 40.1 Å². The van der Waals surface area contributed by atoms with Gasteiger partial charge in [0.05, 0.1) is 17.0 Å². The number of benzene rings is 3. The van der Waals surface area contributed by atoms with Crippen LogP contribution in [0.2, 0.25) is 0 Å². The van der Waals surface area contributed by atoms with Crippen LogP contribution in [-0.4, -0.2) is 22.7 Å². The van der Waals surface area contributed by atoms with E-state index in [0.29, 0.717) is 5.69 Å². The van der Waals surface area contributed by atoms with Crippen LogP contribution in [0.15, 0.2) is 66.7 Å². The number of rotatable bonds is 6. The van der Waals surface area contributed by atoms with E-state index in [9.17, 15) is 9.59 Å². The van der Waals surface area contributed by atoms with Crippen molar-refractivity contribution in [3.8, 4) is 0 Å². The summed E-state index contributed by atoms with van der Waals surface area (Å²) in [7, 11) is 0. The first-order chi connectivity index (χ1) is 12.1. The van der Waals surface area contributed by atoms with E-state index < -0.39 is 5.97 Å². The zero-order valence-electron chi connectivity index (χ0n) is 13.4. The van der Waals surface area contributed by atoms with E-state index in [0.717, 1.165) is 11.3 Å². The molecule has 2 N–H and O–H groups in total. The zero-order valence-corrected chi connectivity index (χ0v) is 14.3. The summed E-state index contributed by atoms with van der Waals surface area (Å²) in [4.78, 5) is 23.2. The molecule has 0 atom stereocenters. The predicted octanol–water partition coefficient (Wildman–Crippen LogP) is 4.41. The number of carbonyl (C=O) groups excluding carboxylic acids is 1. The van der Waals surface area contributed by atoms with Crippen LogP contribution in [0.5, 0.6) is 0 Å². The first kappa shape index (κ1) is 17.0. The number of amides is 1. The number of para-hydroxylation sites is 1. The summed E-state index contributed by atoms with van der Waals surface area (Å²) in [6.45, 7) is 0. The smallest absolute Gasteiger partial charge is 0.337 e. The van der Waals surface area contributed by atoms with Gasteiger partial charge in [0.2, 0.25) is 5.91 Å². The summed E-state index contributed by atoms with van der Waals surface area (Å²) in [5.74, 6) is -0.279. The Balaban J connectivity index is 1.56. The molecule has 0 saturated heterocycles. The SMILES string of the molecule is O=C(CSCc1ccc2ccccc2c1)Nc1ccccc1C(=O)O. The lowest BCUT2D eigenvalue weighted by atomic mass is 10.1. The van der Waals surface area contributed by atoms with Gasteiger partial charge in [-0.1, -0.05) is 54.6 Å². The number of fused-ring (bicyclic) bond motifs is 1. The molecule has 25 heavy (non-hydrogen) atoms. The van der Waals surface area contributed by atoms with Gasteiger partial charge in [-0.05, 0) is 28.5 Å². The third kappa shape index (κ3) is 4.39. The normalized spacial score (nSPS) is 10.6. The van der Waals surface area contributed by atoms with Crippen LogP contribution in [0.25, 0.3) is 10.8 Å². The monoisotopic (exact) mass is 351 g/mol. The van der Waals surface area contributed by atoms with E-state index in [4.69, 9.17) is 5.11 Å². The first-order valence-electron chi connectivity index (χ1n) is 7.81. The van der Waals surface area contributed by atoms with Crippen LogP contribution in [0, 0.1) is 0 Å². The molecule has 4 nitrogen and oxygen atoms in total. The number of anilines is 1. The summed E-state index contributed by atoms with van der Waals surface area (Å²) in [6.07, 6.45) is 0. The molecule has 5 heteroatoms. The Bertz CT molecular complexity index is 923. The van der Waals surface area contributed by atoms with Gasteiger partial charge in [-0.3, -0.25) is 4.79 Å². The Morgan fingerprint density at radius 2 is 1.64 bits per heavy atom. The number of hydrogen-bond acceptors (Lipinski definition) is 3. The molecular weight excluding hydrogens is 334 g/mol. The second-order valence-corrected chi connectivity index (χ2v) is 6.56. The molecule has 0 radical (unpaired) electrons. The maximum Gasteiger partial charge on any atom is 0.337 e. The number of aromatic carboxylic acids is 1. The van der Waals surface area contributed by atoms with Crippen LogP contribution in [0.1, 0.15) is 15.9 Å². The Labute approximate surface area is 149 Å². The van der Waals surface area contributed by atoms with Gasteiger partial charge in [0.1, 0.15) is 0 Å². The number of hydrogen-bond donors (Lipinski definition) is 2. The van der Waals surface area contributed by atoms with Gasteiger partial charge in [0.15, 0.2) is 0 Å². The van der Waals surface area contributed by atoms with Crippen molar-refractivity contribution in [2.45, 2.75) is 5.75 Å². The second kappa shape index (κ2) is 7.85. The third-order valence-corrected chi connectivity index (χ3v) is 4.75. The molecule has 0 heterocycles. The molecule has 126 valence electrons. The predicted molar refractivity (Wildman–Crippen MR) is 102 cm³/mol. The quantitative estimate of drug-likeness (QED) is 0.690. The Morgan fingerprint density at radius 3 is 2.44 bits per heavy atom. The molecule has 3 aromatic carbocycles. The molecule has 3 aromatic rings. The molecule has 3 rings (SSSR count). The third-order valence-electron chi connectivity index (χ3n) is 3.75. The van der Waals surface area contributed by atoms with Gasteiger partial charge < -0.3 is 10.4 Å². The summed E-state index contributed by atoms with van der Waals surface area (Å²) in [5, 5.41) is 14.2. The van der Waals surface area contributed by atoms with Crippen molar-refractivity contribution in [3.05, 3.63) is 77.9 Å². The minimum atomic E-state index is -1.06. The average molecular weight is 351 g/mol. The van der Waals surface area contributed by atoms with Crippen molar-refractivity contribution < 1.29 is 14.7 Å². The van der Waals surface area contributed by atoms with Crippen molar-refractivity contribution in [1.29, 1.82) is 0 Å². The number of carbonyl (C=O) groups is 2. The Kier molecular flexibility index (Phi) is 5.36. The topological polar surface area (TPSA) is 66.4 Å². The highest BCUT2D eigenvalue weighted by atomic mass is 32.2. The lowest BCUT2D eigenvalue weighted by Gasteiger charge is -2.08. The Morgan fingerprint density at radius 1 is 0.920 bits per heavy atom. The van der Waals surface area contributed by atoms with Crippen molar-refractivity contribution in [2.24, 2.45) is 0 Å². The zero-order chi connectivity index (χ0) is 17.6. The van der Waals surface area contributed by atoms with Gasteiger partial charge >= 0.3 is 5.97 Å². The first-order valence-corrected chi connectivity index (χ1v) is 8.96. The van der Waals surface area contributed by atoms with Crippen molar-refractivity contribution in [2.75, 3.05) is 11.1 Å². The number of thioether (sulfide) groups is 1. The van der Waals surface area contributed by atoms with Gasteiger partial charge in [0, 0.05) is 5.75 Å². The molecule has 0 aliphatic heterocycles. The lowest BCUT2D eigenvalue weighted by molar-refractivity contribution is -0.113. The molecule has 0 aromatic heterocycles. The van der Waals surface area contributed by atoms with Gasteiger partial charge in [-0.15, -0.1) is 11.8 Å². The minimum Gasteiger partial charge on any atom is -0.478 e. The fourth-order valence-electron chi connectivity index (χ4n) is 2.56. The maximum atomic E-state index is 12.1. The standard InChI is InChI=1S/C20H17NO3S/c22-19(21-18-8-4-3-7-17(18)20(23)24)13-25-12-14-9-10-15-5-1-2-6-16(15)11-14/h1-11H,12-13H2,(H,21,22)(H,23,24). The minimum absolute atomic E-state index is 0.0929. The summed E-state index contributed by atoms with van der Waals surface area (Å²) < 4.78 is 0. The molecule has 0 unspecified atom stereocenters. The molecule has 0 fully saturated rings. The highest BCUT2D eigenvalue weighted by Gasteiger charge is 2.11.